The summed E-state index contributed by atoms with van der Waals surface area (Å²) in [7, 11) is 0. The van der Waals surface area contributed by atoms with Gasteiger partial charge in [0.15, 0.2) is 0 Å². The van der Waals surface area contributed by atoms with E-state index in [2.05, 4.69) is 44.7 Å². The molecular formula is C27H42O2. The first-order chi connectivity index (χ1) is 13.6. The largest absolute Gasteiger partial charge is 0.393 e. The highest BCUT2D eigenvalue weighted by atomic mass is 16.3. The van der Waals surface area contributed by atoms with E-state index in [-0.39, 0.29) is 6.10 Å². The van der Waals surface area contributed by atoms with Crippen molar-refractivity contribution in [1.29, 1.82) is 0 Å². The zero-order valence-electron chi connectivity index (χ0n) is 19.1. The number of hydrogen-bond donors (Lipinski definition) is 2. The van der Waals surface area contributed by atoms with Gasteiger partial charge >= 0.3 is 0 Å². The van der Waals surface area contributed by atoms with Crippen LogP contribution in [0.2, 0.25) is 0 Å². The second-order valence-electron chi connectivity index (χ2n) is 10.8. The summed E-state index contributed by atoms with van der Waals surface area (Å²) in [5.74, 6) is 1.96. The van der Waals surface area contributed by atoms with Gasteiger partial charge in [-0.15, -0.1) is 0 Å². The maximum atomic E-state index is 10.0. The molecule has 0 unspecified atom stereocenters. The van der Waals surface area contributed by atoms with Crippen molar-refractivity contribution in [3.63, 3.8) is 0 Å². The molecule has 0 aromatic rings. The van der Waals surface area contributed by atoms with E-state index in [1.807, 2.05) is 13.8 Å². The van der Waals surface area contributed by atoms with E-state index >= 15 is 0 Å². The Morgan fingerprint density at radius 1 is 1.21 bits per heavy atom. The monoisotopic (exact) mass is 398 g/mol. The second kappa shape index (κ2) is 8.94. The fraction of sp³-hybridized carbons (Fsp3) is 0.704. The van der Waals surface area contributed by atoms with Crippen LogP contribution in [0, 0.1) is 23.2 Å². The number of aliphatic hydroxyl groups excluding tert-OH is 1. The van der Waals surface area contributed by atoms with Gasteiger partial charge in [-0.1, -0.05) is 55.9 Å². The molecule has 0 aromatic carbocycles. The number of hydrogen-bond acceptors (Lipinski definition) is 2. The summed E-state index contributed by atoms with van der Waals surface area (Å²) >= 11 is 0. The first kappa shape index (κ1) is 22.6. The lowest BCUT2D eigenvalue weighted by molar-refractivity contribution is 0.0832. The van der Waals surface area contributed by atoms with Crippen molar-refractivity contribution in [3.8, 4) is 0 Å². The van der Waals surface area contributed by atoms with Crippen LogP contribution >= 0.6 is 0 Å². The molecular weight excluding hydrogens is 356 g/mol. The van der Waals surface area contributed by atoms with Gasteiger partial charge < -0.3 is 10.2 Å². The average molecular weight is 399 g/mol. The Morgan fingerprint density at radius 3 is 2.69 bits per heavy atom. The van der Waals surface area contributed by atoms with Gasteiger partial charge in [0.2, 0.25) is 0 Å². The maximum Gasteiger partial charge on any atom is 0.0626 e. The Hall–Kier alpha value is -1.12. The maximum absolute atomic E-state index is 10.0. The molecule has 0 spiro atoms. The van der Waals surface area contributed by atoms with Crippen LogP contribution in [0.3, 0.4) is 0 Å². The van der Waals surface area contributed by atoms with Gasteiger partial charge in [0.05, 0.1) is 11.7 Å². The molecule has 0 aliphatic heterocycles. The second-order valence-corrected chi connectivity index (χ2v) is 10.8. The molecule has 3 fully saturated rings. The van der Waals surface area contributed by atoms with Crippen LogP contribution in [0.1, 0.15) is 85.5 Å². The Morgan fingerprint density at radius 2 is 1.97 bits per heavy atom. The topological polar surface area (TPSA) is 40.5 Å². The summed E-state index contributed by atoms with van der Waals surface area (Å²) in [6.07, 6.45) is 18.7. The van der Waals surface area contributed by atoms with Crippen LogP contribution < -0.4 is 0 Å². The Bertz CT molecular complexity index is 690. The number of rotatable bonds is 5. The summed E-state index contributed by atoms with van der Waals surface area (Å²) < 4.78 is 0. The molecule has 0 heterocycles. The van der Waals surface area contributed by atoms with E-state index in [9.17, 15) is 10.2 Å². The minimum atomic E-state index is -0.622. The van der Waals surface area contributed by atoms with E-state index in [0.717, 1.165) is 25.7 Å². The van der Waals surface area contributed by atoms with Crippen LogP contribution in [0.4, 0.5) is 0 Å². The van der Waals surface area contributed by atoms with Gasteiger partial charge in [0.1, 0.15) is 0 Å². The lowest BCUT2D eigenvalue weighted by Gasteiger charge is -2.44. The molecule has 3 rings (SSSR count). The highest BCUT2D eigenvalue weighted by molar-refractivity contribution is 5.36. The number of fused-ring (bicyclic) bond motifs is 1. The van der Waals surface area contributed by atoms with Gasteiger partial charge in [0, 0.05) is 0 Å². The molecule has 29 heavy (non-hydrogen) atoms. The molecule has 0 amide bonds. The van der Waals surface area contributed by atoms with E-state index in [4.69, 9.17) is 0 Å². The van der Waals surface area contributed by atoms with Crippen LogP contribution in [0.15, 0.2) is 47.6 Å². The lowest BCUT2D eigenvalue weighted by Crippen LogP contribution is -2.35. The zero-order valence-corrected chi connectivity index (χ0v) is 19.1. The molecule has 3 saturated carbocycles. The molecule has 0 radical (unpaired) electrons. The predicted octanol–water partition coefficient (Wildman–Crippen LogP) is 6.51. The first-order valence-electron chi connectivity index (χ1n) is 11.7. The molecule has 0 bridgehead atoms. The highest BCUT2D eigenvalue weighted by Crippen LogP contribution is 2.59. The minimum absolute atomic E-state index is 0.200. The summed E-state index contributed by atoms with van der Waals surface area (Å²) in [5.41, 5.74) is 3.84. The third-order valence-electron chi connectivity index (χ3n) is 7.92. The smallest absolute Gasteiger partial charge is 0.0626 e. The third kappa shape index (κ3) is 5.33. The van der Waals surface area contributed by atoms with Crippen molar-refractivity contribution in [3.05, 3.63) is 47.6 Å². The van der Waals surface area contributed by atoms with E-state index in [1.165, 1.54) is 43.3 Å². The molecule has 162 valence electrons. The van der Waals surface area contributed by atoms with Crippen molar-refractivity contribution in [1.82, 2.24) is 0 Å². The van der Waals surface area contributed by atoms with Crippen LogP contribution in [0.25, 0.3) is 0 Å². The van der Waals surface area contributed by atoms with Gasteiger partial charge in [-0.25, -0.2) is 0 Å². The van der Waals surface area contributed by atoms with Crippen molar-refractivity contribution >= 4 is 0 Å². The summed E-state index contributed by atoms with van der Waals surface area (Å²) in [6.45, 7) is 12.9. The molecule has 3 aliphatic rings. The molecule has 2 nitrogen and oxygen atoms in total. The normalized spacial score (nSPS) is 37.4. The van der Waals surface area contributed by atoms with Gasteiger partial charge in [-0.05, 0) is 100 Å². The van der Waals surface area contributed by atoms with Crippen LogP contribution in [-0.2, 0) is 0 Å². The lowest BCUT2D eigenvalue weighted by atomic mass is 9.61. The van der Waals surface area contributed by atoms with Crippen molar-refractivity contribution in [2.75, 3.05) is 0 Å². The molecule has 3 aliphatic carbocycles. The minimum Gasteiger partial charge on any atom is -0.393 e. The average Bonchev–Trinajstić information content (AvgIpc) is 2.99. The van der Waals surface area contributed by atoms with Gasteiger partial charge in [-0.2, -0.15) is 0 Å². The number of allylic oxidation sites excluding steroid dienone is 5. The van der Waals surface area contributed by atoms with E-state index in [1.54, 1.807) is 5.57 Å². The standard InChI is InChI=1S/C27H42O2/c1-19-10-13-23(28)18-22(19)12-11-21-9-7-17-27(5)24(14-15-25(21)27)20(2)8-6-16-26(3,4)29/h6,8,11-12,20,23-25,28-29H,1,7,9-10,13-18H2,2-5H3/b8-6+,21-11+,22-12-/t20-,23+,24-,25+,27-/m1/s1. The molecule has 2 heteroatoms. The van der Waals surface area contributed by atoms with Crippen molar-refractivity contribution in [2.24, 2.45) is 23.2 Å². The fourth-order valence-electron chi connectivity index (χ4n) is 6.24. The Kier molecular flexibility index (Phi) is 6.95. The Balaban J connectivity index is 1.73. The summed E-state index contributed by atoms with van der Waals surface area (Å²) in [5, 5.41) is 20.0. The van der Waals surface area contributed by atoms with Gasteiger partial charge in [-0.3, -0.25) is 0 Å². The number of aliphatic hydroxyl groups is 2. The van der Waals surface area contributed by atoms with Crippen molar-refractivity contribution in [2.45, 2.75) is 97.2 Å². The first-order valence-corrected chi connectivity index (χ1v) is 11.7. The molecule has 0 saturated heterocycles. The molecule has 5 atom stereocenters. The third-order valence-corrected chi connectivity index (χ3v) is 7.92. The quantitative estimate of drug-likeness (QED) is 0.518. The summed E-state index contributed by atoms with van der Waals surface area (Å²) in [4.78, 5) is 0. The highest BCUT2D eigenvalue weighted by Gasteiger charge is 2.50. The van der Waals surface area contributed by atoms with Gasteiger partial charge in [0.25, 0.3) is 0 Å². The van der Waals surface area contributed by atoms with Crippen LogP contribution in [0.5, 0.6) is 0 Å². The Labute approximate surface area is 178 Å². The summed E-state index contributed by atoms with van der Waals surface area (Å²) in [6, 6.07) is 0. The zero-order chi connectivity index (χ0) is 21.2. The van der Waals surface area contributed by atoms with Crippen LogP contribution in [-0.4, -0.2) is 21.9 Å². The molecule has 2 N–H and O–H groups in total. The predicted molar refractivity (Wildman–Crippen MR) is 123 cm³/mol. The fourth-order valence-corrected chi connectivity index (χ4v) is 6.24. The molecule has 0 aromatic heterocycles. The SMILES string of the molecule is C=C1CC[C@H](O)C/C1=C/C=C1\CCC[C@]2(C)[C@@H]([C@H](C)/C=C/CC(C)(C)O)CC[C@@H]12. The van der Waals surface area contributed by atoms with E-state index < -0.39 is 5.60 Å². The van der Waals surface area contributed by atoms with Crippen molar-refractivity contribution < 1.29 is 10.2 Å². The van der Waals surface area contributed by atoms with E-state index in [0.29, 0.717) is 23.2 Å².